The third kappa shape index (κ3) is 4.47. The van der Waals surface area contributed by atoms with Crippen molar-refractivity contribution in [2.75, 3.05) is 19.4 Å². The Hall–Kier alpha value is -2.27. The van der Waals surface area contributed by atoms with Crippen molar-refractivity contribution in [1.82, 2.24) is 4.90 Å². The lowest BCUT2D eigenvalue weighted by atomic mass is 10.1. The zero-order chi connectivity index (χ0) is 18.5. The van der Waals surface area contributed by atoms with Gasteiger partial charge < -0.3 is 4.74 Å². The van der Waals surface area contributed by atoms with E-state index in [-0.39, 0.29) is 5.91 Å². The van der Waals surface area contributed by atoms with Crippen LogP contribution in [0.5, 0.6) is 5.75 Å². The second-order valence-corrected chi connectivity index (χ2v) is 7.52. The molecule has 2 aromatic carbocycles. The molecule has 5 heteroatoms. The van der Waals surface area contributed by atoms with Gasteiger partial charge in [0, 0.05) is 12.3 Å². The summed E-state index contributed by atoms with van der Waals surface area (Å²) in [6.45, 7) is 4.84. The first-order chi connectivity index (χ1) is 12.6. The van der Waals surface area contributed by atoms with Crippen LogP contribution in [-0.4, -0.2) is 35.4 Å². The minimum absolute atomic E-state index is 0.0893. The summed E-state index contributed by atoms with van der Waals surface area (Å²) >= 11 is 1.66. The highest BCUT2D eigenvalue weighted by Crippen LogP contribution is 2.26. The Morgan fingerprint density at radius 1 is 1.19 bits per heavy atom. The van der Waals surface area contributed by atoms with E-state index < -0.39 is 0 Å². The molecule has 136 valence electrons. The van der Waals surface area contributed by atoms with Crippen molar-refractivity contribution in [1.29, 1.82) is 0 Å². The highest BCUT2D eigenvalue weighted by Gasteiger charge is 2.24. The summed E-state index contributed by atoms with van der Waals surface area (Å²) in [7, 11) is 1.64. The molecule has 1 amide bonds. The number of nitrogens with zero attached hydrogens (tertiary/aromatic N) is 2. The number of rotatable bonds is 4. The predicted molar refractivity (Wildman–Crippen MR) is 108 cm³/mol. The molecule has 1 fully saturated rings. The topological polar surface area (TPSA) is 41.9 Å². The summed E-state index contributed by atoms with van der Waals surface area (Å²) in [6, 6.07) is 13.9. The Morgan fingerprint density at radius 3 is 2.69 bits per heavy atom. The number of methoxy groups -OCH3 is 1. The van der Waals surface area contributed by atoms with Crippen LogP contribution in [0.15, 0.2) is 47.5 Å². The molecule has 0 N–H and O–H groups in total. The van der Waals surface area contributed by atoms with Crippen LogP contribution in [0.1, 0.15) is 23.1 Å². The number of thioether (sulfide) groups is 1. The number of carbonyl (C=O) groups is 1. The summed E-state index contributed by atoms with van der Waals surface area (Å²) in [6.07, 6.45) is 1.36. The molecule has 3 rings (SSSR count). The number of aliphatic imine (C=N–C) groups is 1. The maximum atomic E-state index is 12.9. The second kappa shape index (κ2) is 8.41. The Morgan fingerprint density at radius 2 is 1.96 bits per heavy atom. The first-order valence-corrected chi connectivity index (χ1v) is 9.77. The van der Waals surface area contributed by atoms with Gasteiger partial charge in [-0.3, -0.25) is 9.69 Å². The van der Waals surface area contributed by atoms with Crippen molar-refractivity contribution in [3.05, 3.63) is 59.2 Å². The highest BCUT2D eigenvalue weighted by atomic mass is 32.2. The van der Waals surface area contributed by atoms with Gasteiger partial charge in [-0.2, -0.15) is 0 Å². The van der Waals surface area contributed by atoms with Gasteiger partial charge >= 0.3 is 0 Å². The Kier molecular flexibility index (Phi) is 5.99. The van der Waals surface area contributed by atoms with Crippen molar-refractivity contribution >= 4 is 28.5 Å². The molecule has 0 saturated carbocycles. The molecule has 1 saturated heterocycles. The number of hydrogen-bond acceptors (Lipinski definition) is 4. The molecule has 0 radical (unpaired) electrons. The lowest BCUT2D eigenvalue weighted by Gasteiger charge is -2.28. The molecule has 0 aliphatic carbocycles. The average Bonchev–Trinajstić information content (AvgIpc) is 2.66. The van der Waals surface area contributed by atoms with E-state index in [1.165, 1.54) is 5.56 Å². The normalized spacial score (nSPS) is 16.0. The summed E-state index contributed by atoms with van der Waals surface area (Å²) in [5.41, 5.74) is 4.22. The van der Waals surface area contributed by atoms with Crippen LogP contribution in [0, 0.1) is 13.8 Å². The van der Waals surface area contributed by atoms with E-state index in [0.29, 0.717) is 6.42 Å². The van der Waals surface area contributed by atoms with E-state index in [1.807, 2.05) is 29.2 Å². The highest BCUT2D eigenvalue weighted by molar-refractivity contribution is 8.13. The van der Waals surface area contributed by atoms with E-state index in [4.69, 9.17) is 9.73 Å². The van der Waals surface area contributed by atoms with E-state index in [1.54, 1.807) is 18.9 Å². The smallest absolute Gasteiger partial charge is 0.232 e. The molecule has 0 unspecified atom stereocenters. The zero-order valence-corrected chi connectivity index (χ0v) is 16.3. The molecule has 0 atom stereocenters. The van der Waals surface area contributed by atoms with Crippen LogP contribution in [-0.2, 0) is 11.2 Å². The van der Waals surface area contributed by atoms with Gasteiger partial charge in [-0.1, -0.05) is 36.0 Å². The van der Waals surface area contributed by atoms with Gasteiger partial charge in [-0.15, -0.1) is 0 Å². The molecule has 1 aliphatic heterocycles. The fourth-order valence-corrected chi connectivity index (χ4v) is 3.81. The molecule has 0 spiro atoms. The fraction of sp³-hybridized carbons (Fsp3) is 0.333. The first-order valence-electron chi connectivity index (χ1n) is 8.79. The maximum absolute atomic E-state index is 12.9. The molecular formula is C21H24N2O2S. The Labute approximate surface area is 159 Å². The van der Waals surface area contributed by atoms with Crippen LogP contribution < -0.4 is 4.74 Å². The van der Waals surface area contributed by atoms with Gasteiger partial charge in [0.25, 0.3) is 0 Å². The lowest BCUT2D eigenvalue weighted by molar-refractivity contribution is -0.126. The fourth-order valence-electron chi connectivity index (χ4n) is 2.84. The number of amides is 1. The molecule has 2 aromatic rings. The summed E-state index contributed by atoms with van der Waals surface area (Å²) in [5.74, 6) is 1.88. The van der Waals surface area contributed by atoms with Gasteiger partial charge in [0.15, 0.2) is 5.17 Å². The second-order valence-electron chi connectivity index (χ2n) is 6.46. The number of ether oxygens (including phenoxy) is 1. The average molecular weight is 369 g/mol. The monoisotopic (exact) mass is 368 g/mol. The van der Waals surface area contributed by atoms with Crippen molar-refractivity contribution in [2.45, 2.75) is 26.7 Å². The van der Waals surface area contributed by atoms with Crippen LogP contribution in [0.2, 0.25) is 0 Å². The number of amidine groups is 1. The number of benzene rings is 2. The molecular weight excluding hydrogens is 344 g/mol. The minimum Gasteiger partial charge on any atom is -0.497 e. The molecule has 26 heavy (non-hydrogen) atoms. The number of carbonyl (C=O) groups excluding carboxylic acids is 1. The van der Waals surface area contributed by atoms with Gasteiger partial charge in [-0.05, 0) is 55.2 Å². The van der Waals surface area contributed by atoms with E-state index in [0.717, 1.165) is 46.4 Å². The molecule has 0 bridgehead atoms. The molecule has 4 nitrogen and oxygen atoms in total. The molecule has 1 aliphatic rings. The van der Waals surface area contributed by atoms with Gasteiger partial charge in [-0.25, -0.2) is 4.99 Å². The summed E-state index contributed by atoms with van der Waals surface area (Å²) in [5, 5.41) is 0.809. The summed E-state index contributed by atoms with van der Waals surface area (Å²) in [4.78, 5) is 19.5. The van der Waals surface area contributed by atoms with Crippen LogP contribution in [0.3, 0.4) is 0 Å². The largest absolute Gasteiger partial charge is 0.497 e. The Balaban J connectivity index is 1.80. The van der Waals surface area contributed by atoms with Crippen LogP contribution in [0.25, 0.3) is 0 Å². The van der Waals surface area contributed by atoms with E-state index in [9.17, 15) is 4.79 Å². The summed E-state index contributed by atoms with van der Waals surface area (Å²) < 4.78 is 5.18. The third-order valence-electron chi connectivity index (χ3n) is 4.38. The van der Waals surface area contributed by atoms with Crippen molar-refractivity contribution in [3.63, 3.8) is 0 Å². The lowest BCUT2D eigenvalue weighted by Crippen LogP contribution is -2.40. The third-order valence-corrected chi connectivity index (χ3v) is 5.45. The number of aryl methyl sites for hydroxylation is 2. The molecule has 1 heterocycles. The van der Waals surface area contributed by atoms with Crippen LogP contribution >= 0.6 is 11.8 Å². The SMILES string of the molecule is COc1ccc(CC(=O)N2CCCSC2=Nc2cc(C)ccc2C)cc1. The van der Waals surface area contributed by atoms with Crippen LogP contribution in [0.4, 0.5) is 5.69 Å². The maximum Gasteiger partial charge on any atom is 0.232 e. The quantitative estimate of drug-likeness (QED) is 0.797. The van der Waals surface area contributed by atoms with Gasteiger partial charge in [0.1, 0.15) is 5.75 Å². The first kappa shape index (κ1) is 18.5. The predicted octanol–water partition coefficient (Wildman–Crippen LogP) is 4.51. The van der Waals surface area contributed by atoms with Crippen molar-refractivity contribution < 1.29 is 9.53 Å². The van der Waals surface area contributed by atoms with E-state index >= 15 is 0 Å². The number of hydrogen-bond donors (Lipinski definition) is 0. The van der Waals surface area contributed by atoms with Gasteiger partial charge in [0.05, 0.1) is 19.2 Å². The minimum atomic E-state index is 0.0893. The van der Waals surface area contributed by atoms with Crippen molar-refractivity contribution in [2.24, 2.45) is 4.99 Å². The van der Waals surface area contributed by atoms with Gasteiger partial charge in [0.2, 0.25) is 5.91 Å². The van der Waals surface area contributed by atoms with E-state index in [2.05, 4.69) is 32.0 Å². The van der Waals surface area contributed by atoms with Crippen molar-refractivity contribution in [3.8, 4) is 5.75 Å². The standard InChI is InChI=1S/C21H24N2O2S/c1-15-5-6-16(2)19(13-15)22-21-23(11-4-12-26-21)20(24)14-17-7-9-18(25-3)10-8-17/h5-10,13H,4,11-12,14H2,1-3H3. The Bertz CT molecular complexity index is 815. The zero-order valence-electron chi connectivity index (χ0n) is 15.5. The molecule has 0 aromatic heterocycles.